The molecule has 0 bridgehead atoms. The fourth-order valence-electron chi connectivity index (χ4n) is 2.06. The summed E-state index contributed by atoms with van der Waals surface area (Å²) in [5, 5.41) is 14.4. The molecule has 2 aromatic carbocycles. The van der Waals surface area contributed by atoms with Crippen molar-refractivity contribution < 1.29 is 14.6 Å². The second-order valence-electron chi connectivity index (χ2n) is 5.36. The number of carbonyl (C=O) groups excluding carboxylic acids is 1. The van der Waals surface area contributed by atoms with Crippen LogP contribution in [0.2, 0.25) is 5.02 Å². The number of para-hydroxylation sites is 1. The van der Waals surface area contributed by atoms with E-state index in [-0.39, 0.29) is 11.7 Å². The minimum absolute atomic E-state index is 0.106. The van der Waals surface area contributed by atoms with Crippen LogP contribution in [0.4, 0.5) is 0 Å². The van der Waals surface area contributed by atoms with Gasteiger partial charge in [-0.05, 0) is 56.7 Å². The standard InChI is InChI=1S/C18H19ClN2O3/c1-11-10-14(19)8-9-17(11)24-13(3)18(23)21-20-12(2)15-6-4-5-7-16(15)22/h4-10,13,22H,1-3H3,(H,21,23). The predicted molar refractivity (Wildman–Crippen MR) is 94.7 cm³/mol. The van der Waals surface area contributed by atoms with Crippen LogP contribution in [-0.4, -0.2) is 22.8 Å². The predicted octanol–water partition coefficient (Wildman–Crippen LogP) is 3.66. The number of rotatable bonds is 5. The molecule has 0 aliphatic heterocycles. The normalized spacial score (nSPS) is 12.6. The molecule has 6 heteroatoms. The Balaban J connectivity index is 2.01. The third kappa shape index (κ3) is 4.49. The highest BCUT2D eigenvalue weighted by atomic mass is 35.5. The summed E-state index contributed by atoms with van der Waals surface area (Å²) in [6.07, 6.45) is -0.731. The number of hydrogen-bond acceptors (Lipinski definition) is 4. The fourth-order valence-corrected chi connectivity index (χ4v) is 2.29. The zero-order chi connectivity index (χ0) is 17.7. The summed E-state index contributed by atoms with van der Waals surface area (Å²) < 4.78 is 5.63. The second kappa shape index (κ2) is 7.84. The molecule has 0 spiro atoms. The number of ether oxygens (including phenoxy) is 1. The molecule has 0 saturated heterocycles. The summed E-state index contributed by atoms with van der Waals surface area (Å²) in [6.45, 7) is 5.19. The van der Waals surface area contributed by atoms with Gasteiger partial charge in [0.1, 0.15) is 11.5 Å². The number of aryl methyl sites for hydroxylation is 1. The van der Waals surface area contributed by atoms with Gasteiger partial charge in [-0.3, -0.25) is 4.79 Å². The van der Waals surface area contributed by atoms with Crippen molar-refractivity contribution in [2.45, 2.75) is 26.9 Å². The first-order valence-electron chi connectivity index (χ1n) is 7.44. The van der Waals surface area contributed by atoms with Gasteiger partial charge in [0.25, 0.3) is 5.91 Å². The van der Waals surface area contributed by atoms with Crippen molar-refractivity contribution in [2.75, 3.05) is 0 Å². The Morgan fingerprint density at radius 2 is 2.00 bits per heavy atom. The third-order valence-electron chi connectivity index (χ3n) is 3.44. The summed E-state index contributed by atoms with van der Waals surface area (Å²) in [6, 6.07) is 12.0. The Hall–Kier alpha value is -2.53. The van der Waals surface area contributed by atoms with Crippen molar-refractivity contribution >= 4 is 23.2 Å². The van der Waals surface area contributed by atoms with Gasteiger partial charge >= 0.3 is 0 Å². The van der Waals surface area contributed by atoms with E-state index < -0.39 is 6.10 Å². The van der Waals surface area contributed by atoms with E-state index in [2.05, 4.69) is 10.5 Å². The molecule has 5 nitrogen and oxygen atoms in total. The van der Waals surface area contributed by atoms with Crippen molar-refractivity contribution in [3.63, 3.8) is 0 Å². The highest BCUT2D eigenvalue weighted by Gasteiger charge is 2.15. The largest absolute Gasteiger partial charge is 0.507 e. The molecule has 1 atom stereocenters. The van der Waals surface area contributed by atoms with Crippen LogP contribution in [0.1, 0.15) is 25.0 Å². The molecule has 126 valence electrons. The average Bonchev–Trinajstić information content (AvgIpc) is 2.55. The van der Waals surface area contributed by atoms with Crippen LogP contribution in [0.15, 0.2) is 47.6 Å². The smallest absolute Gasteiger partial charge is 0.280 e. The topological polar surface area (TPSA) is 70.9 Å². The molecule has 1 amide bonds. The quantitative estimate of drug-likeness (QED) is 0.641. The van der Waals surface area contributed by atoms with Gasteiger partial charge in [-0.2, -0.15) is 5.10 Å². The summed E-state index contributed by atoms with van der Waals surface area (Å²) in [7, 11) is 0. The zero-order valence-electron chi connectivity index (χ0n) is 13.7. The molecule has 2 aromatic rings. The first kappa shape index (κ1) is 17.8. The van der Waals surface area contributed by atoms with E-state index in [1.165, 1.54) is 0 Å². The first-order chi connectivity index (χ1) is 11.4. The zero-order valence-corrected chi connectivity index (χ0v) is 14.5. The van der Waals surface area contributed by atoms with Crippen molar-refractivity contribution in [3.05, 3.63) is 58.6 Å². The maximum Gasteiger partial charge on any atom is 0.280 e. The molecule has 0 heterocycles. The molecule has 0 saturated carbocycles. The van der Waals surface area contributed by atoms with E-state index in [4.69, 9.17) is 16.3 Å². The molecule has 24 heavy (non-hydrogen) atoms. The van der Waals surface area contributed by atoms with Gasteiger partial charge in [0, 0.05) is 10.6 Å². The average molecular weight is 347 g/mol. The molecular weight excluding hydrogens is 328 g/mol. The lowest BCUT2D eigenvalue weighted by atomic mass is 10.1. The number of aromatic hydroxyl groups is 1. The van der Waals surface area contributed by atoms with Gasteiger partial charge in [0.15, 0.2) is 6.10 Å². The van der Waals surface area contributed by atoms with Crippen molar-refractivity contribution in [1.82, 2.24) is 5.43 Å². The molecule has 0 aliphatic carbocycles. The van der Waals surface area contributed by atoms with Crippen molar-refractivity contribution in [1.29, 1.82) is 0 Å². The van der Waals surface area contributed by atoms with Crippen molar-refractivity contribution in [3.8, 4) is 11.5 Å². The number of hydrazone groups is 1. The second-order valence-corrected chi connectivity index (χ2v) is 5.80. The summed E-state index contributed by atoms with van der Waals surface area (Å²) in [4.78, 5) is 12.1. The van der Waals surface area contributed by atoms with Gasteiger partial charge in [-0.25, -0.2) is 5.43 Å². The number of nitrogens with zero attached hydrogens (tertiary/aromatic N) is 1. The molecule has 0 fully saturated rings. The monoisotopic (exact) mass is 346 g/mol. The molecule has 0 radical (unpaired) electrons. The molecule has 2 rings (SSSR count). The van der Waals surface area contributed by atoms with E-state index in [0.717, 1.165) is 5.56 Å². The number of nitrogens with one attached hydrogen (secondary N) is 1. The van der Waals surface area contributed by atoms with Crippen LogP contribution in [-0.2, 0) is 4.79 Å². The Bertz CT molecular complexity index is 775. The summed E-state index contributed by atoms with van der Waals surface area (Å²) in [5.74, 6) is 0.302. The minimum Gasteiger partial charge on any atom is -0.507 e. The lowest BCUT2D eigenvalue weighted by molar-refractivity contribution is -0.127. The molecule has 0 aliphatic rings. The van der Waals surface area contributed by atoms with Gasteiger partial charge in [-0.1, -0.05) is 23.7 Å². The maximum atomic E-state index is 12.1. The summed E-state index contributed by atoms with van der Waals surface area (Å²) >= 11 is 5.90. The van der Waals surface area contributed by atoms with Crippen LogP contribution in [0, 0.1) is 6.92 Å². The Morgan fingerprint density at radius 3 is 2.67 bits per heavy atom. The molecule has 0 aromatic heterocycles. The maximum absolute atomic E-state index is 12.1. The van der Waals surface area contributed by atoms with Crippen molar-refractivity contribution in [2.24, 2.45) is 5.10 Å². The van der Waals surface area contributed by atoms with E-state index in [1.807, 2.05) is 6.92 Å². The highest BCUT2D eigenvalue weighted by molar-refractivity contribution is 6.30. The molecule has 1 unspecified atom stereocenters. The van der Waals surface area contributed by atoms with Crippen LogP contribution in [0.5, 0.6) is 11.5 Å². The van der Waals surface area contributed by atoms with E-state index in [9.17, 15) is 9.90 Å². The summed E-state index contributed by atoms with van der Waals surface area (Å²) in [5.41, 5.74) is 4.34. The van der Waals surface area contributed by atoms with Crippen LogP contribution in [0.25, 0.3) is 0 Å². The van der Waals surface area contributed by atoms with Crippen LogP contribution < -0.4 is 10.2 Å². The van der Waals surface area contributed by atoms with Crippen LogP contribution >= 0.6 is 11.6 Å². The minimum atomic E-state index is -0.731. The van der Waals surface area contributed by atoms with Gasteiger partial charge in [0.05, 0.1) is 5.71 Å². The first-order valence-corrected chi connectivity index (χ1v) is 7.81. The number of carbonyl (C=O) groups is 1. The lowest BCUT2D eigenvalue weighted by Crippen LogP contribution is -2.34. The lowest BCUT2D eigenvalue weighted by Gasteiger charge is -2.15. The van der Waals surface area contributed by atoms with Gasteiger partial charge in [-0.15, -0.1) is 0 Å². The highest BCUT2D eigenvalue weighted by Crippen LogP contribution is 2.22. The van der Waals surface area contributed by atoms with E-state index >= 15 is 0 Å². The number of phenols is 1. The number of benzene rings is 2. The third-order valence-corrected chi connectivity index (χ3v) is 3.67. The number of halogens is 1. The number of hydrogen-bond donors (Lipinski definition) is 2. The van der Waals surface area contributed by atoms with E-state index in [1.54, 1.807) is 56.3 Å². The molecular formula is C18H19ClN2O3. The number of phenolic OH excluding ortho intramolecular Hbond substituents is 1. The van der Waals surface area contributed by atoms with Gasteiger partial charge in [0.2, 0.25) is 0 Å². The SMILES string of the molecule is CC(=NNC(=O)C(C)Oc1ccc(Cl)cc1C)c1ccccc1O. The van der Waals surface area contributed by atoms with Gasteiger partial charge < -0.3 is 9.84 Å². The number of amides is 1. The fraction of sp³-hybridized carbons (Fsp3) is 0.222. The Kier molecular flexibility index (Phi) is 5.82. The van der Waals surface area contributed by atoms with Crippen LogP contribution in [0.3, 0.4) is 0 Å². The Morgan fingerprint density at radius 1 is 1.29 bits per heavy atom. The molecule has 2 N–H and O–H groups in total. The Labute approximate surface area is 145 Å². The van der Waals surface area contributed by atoms with E-state index in [0.29, 0.717) is 22.0 Å².